The third kappa shape index (κ3) is 6.38. The second-order valence-electron chi connectivity index (χ2n) is 5.69. The number of halogens is 3. The van der Waals surface area contributed by atoms with Crippen LogP contribution in [0.1, 0.15) is 31.7 Å². The van der Waals surface area contributed by atoms with Gasteiger partial charge in [0.25, 0.3) is 0 Å². The van der Waals surface area contributed by atoms with Crippen molar-refractivity contribution in [3.63, 3.8) is 0 Å². The molecule has 1 aromatic rings. The van der Waals surface area contributed by atoms with Crippen LogP contribution in [-0.4, -0.2) is 36.6 Å². The maximum atomic E-state index is 13.6. The van der Waals surface area contributed by atoms with Gasteiger partial charge in [-0.05, 0) is 43.1 Å². The SMILES string of the molecule is CCSC1CCC(NC(=NC)NCCc2cccc(F)c2F)C1.I. The highest BCUT2D eigenvalue weighted by atomic mass is 127. The number of guanidine groups is 1. The largest absolute Gasteiger partial charge is 0.356 e. The van der Waals surface area contributed by atoms with Crippen LogP contribution in [0.3, 0.4) is 0 Å². The monoisotopic (exact) mass is 469 g/mol. The Labute approximate surface area is 164 Å². The summed E-state index contributed by atoms with van der Waals surface area (Å²) in [5, 5.41) is 7.34. The molecular formula is C17H26F2IN3S. The molecule has 2 atom stereocenters. The summed E-state index contributed by atoms with van der Waals surface area (Å²) in [6, 6.07) is 4.72. The fraction of sp³-hybridized carbons (Fsp3) is 0.588. The first kappa shape index (κ1) is 21.5. The van der Waals surface area contributed by atoms with Gasteiger partial charge in [-0.2, -0.15) is 11.8 Å². The summed E-state index contributed by atoms with van der Waals surface area (Å²) >= 11 is 2.02. The molecular weight excluding hydrogens is 443 g/mol. The Morgan fingerprint density at radius 1 is 1.33 bits per heavy atom. The molecule has 0 aliphatic heterocycles. The van der Waals surface area contributed by atoms with Crippen LogP contribution < -0.4 is 10.6 Å². The molecule has 0 radical (unpaired) electrons. The van der Waals surface area contributed by atoms with E-state index < -0.39 is 11.6 Å². The number of aliphatic imine (C=N–C) groups is 1. The lowest BCUT2D eigenvalue weighted by Gasteiger charge is -2.17. The zero-order chi connectivity index (χ0) is 16.7. The number of hydrogen-bond acceptors (Lipinski definition) is 2. The fourth-order valence-corrected chi connectivity index (χ4v) is 4.05. The summed E-state index contributed by atoms with van der Waals surface area (Å²) in [7, 11) is 1.73. The minimum absolute atomic E-state index is 0. The summed E-state index contributed by atoms with van der Waals surface area (Å²) in [6.45, 7) is 2.71. The molecule has 0 amide bonds. The quantitative estimate of drug-likeness (QED) is 0.376. The molecule has 2 N–H and O–H groups in total. The minimum Gasteiger partial charge on any atom is -0.356 e. The maximum absolute atomic E-state index is 13.6. The van der Waals surface area contributed by atoms with E-state index in [1.165, 1.54) is 12.5 Å². The average molecular weight is 469 g/mol. The molecule has 0 aromatic heterocycles. The van der Waals surface area contributed by atoms with Crippen molar-refractivity contribution in [2.45, 2.75) is 43.9 Å². The molecule has 1 aromatic carbocycles. The van der Waals surface area contributed by atoms with E-state index in [0.29, 0.717) is 24.6 Å². The molecule has 1 saturated carbocycles. The first-order valence-corrected chi connectivity index (χ1v) is 9.20. The van der Waals surface area contributed by atoms with Crippen molar-refractivity contribution in [1.82, 2.24) is 10.6 Å². The van der Waals surface area contributed by atoms with Crippen LogP contribution in [-0.2, 0) is 6.42 Å². The number of thioether (sulfide) groups is 1. The summed E-state index contributed by atoms with van der Waals surface area (Å²) in [4.78, 5) is 4.21. The lowest BCUT2D eigenvalue weighted by Crippen LogP contribution is -2.43. The van der Waals surface area contributed by atoms with E-state index in [1.54, 1.807) is 13.1 Å². The van der Waals surface area contributed by atoms with Crippen LogP contribution in [0.25, 0.3) is 0 Å². The van der Waals surface area contributed by atoms with Gasteiger partial charge in [-0.25, -0.2) is 8.78 Å². The number of benzene rings is 1. The van der Waals surface area contributed by atoms with Gasteiger partial charge in [-0.3, -0.25) is 4.99 Å². The van der Waals surface area contributed by atoms with Gasteiger partial charge in [0.15, 0.2) is 17.6 Å². The van der Waals surface area contributed by atoms with Crippen molar-refractivity contribution in [3.8, 4) is 0 Å². The molecule has 136 valence electrons. The first-order chi connectivity index (χ1) is 11.1. The Kier molecular flexibility index (Phi) is 9.95. The van der Waals surface area contributed by atoms with Gasteiger partial charge >= 0.3 is 0 Å². The van der Waals surface area contributed by atoms with Gasteiger partial charge in [-0.15, -0.1) is 24.0 Å². The lowest BCUT2D eigenvalue weighted by molar-refractivity contribution is 0.498. The van der Waals surface area contributed by atoms with Crippen molar-refractivity contribution in [2.24, 2.45) is 4.99 Å². The Balaban J connectivity index is 0.00000288. The zero-order valence-corrected chi connectivity index (χ0v) is 17.3. The molecule has 1 fully saturated rings. The highest BCUT2D eigenvalue weighted by molar-refractivity contribution is 14.0. The molecule has 0 spiro atoms. The van der Waals surface area contributed by atoms with Crippen molar-refractivity contribution in [3.05, 3.63) is 35.4 Å². The summed E-state index contributed by atoms with van der Waals surface area (Å²) in [5.74, 6) is 0.334. The first-order valence-electron chi connectivity index (χ1n) is 8.15. The Hall–Kier alpha value is -0.570. The third-order valence-electron chi connectivity index (χ3n) is 4.07. The third-order valence-corrected chi connectivity index (χ3v) is 5.30. The normalized spacial score (nSPS) is 20.6. The fourth-order valence-electron chi connectivity index (χ4n) is 2.90. The molecule has 3 nitrogen and oxygen atoms in total. The molecule has 0 bridgehead atoms. The zero-order valence-electron chi connectivity index (χ0n) is 14.1. The maximum Gasteiger partial charge on any atom is 0.191 e. The molecule has 7 heteroatoms. The number of rotatable bonds is 6. The minimum atomic E-state index is -0.796. The van der Waals surface area contributed by atoms with E-state index in [9.17, 15) is 8.78 Å². The lowest BCUT2D eigenvalue weighted by atomic mass is 10.1. The van der Waals surface area contributed by atoms with Crippen LogP contribution >= 0.6 is 35.7 Å². The van der Waals surface area contributed by atoms with Crippen LogP contribution in [0.5, 0.6) is 0 Å². The van der Waals surface area contributed by atoms with E-state index in [-0.39, 0.29) is 24.0 Å². The topological polar surface area (TPSA) is 36.4 Å². The van der Waals surface area contributed by atoms with E-state index >= 15 is 0 Å². The highest BCUT2D eigenvalue weighted by Crippen LogP contribution is 2.29. The van der Waals surface area contributed by atoms with Gasteiger partial charge in [0, 0.05) is 24.9 Å². The predicted molar refractivity (Wildman–Crippen MR) is 110 cm³/mol. The molecule has 2 rings (SSSR count). The molecule has 1 aliphatic carbocycles. The smallest absolute Gasteiger partial charge is 0.191 e. The van der Waals surface area contributed by atoms with Gasteiger partial charge in [0.05, 0.1) is 0 Å². The van der Waals surface area contributed by atoms with E-state index in [0.717, 1.165) is 35.9 Å². The molecule has 24 heavy (non-hydrogen) atoms. The van der Waals surface area contributed by atoms with Crippen LogP contribution in [0.4, 0.5) is 8.78 Å². The van der Waals surface area contributed by atoms with Gasteiger partial charge in [-0.1, -0.05) is 19.1 Å². The van der Waals surface area contributed by atoms with E-state index in [2.05, 4.69) is 22.5 Å². The number of hydrogen-bond donors (Lipinski definition) is 2. The summed E-state index contributed by atoms with van der Waals surface area (Å²) in [5.41, 5.74) is 0.383. The molecule has 1 aliphatic rings. The number of nitrogens with one attached hydrogen (secondary N) is 2. The Morgan fingerprint density at radius 3 is 2.83 bits per heavy atom. The van der Waals surface area contributed by atoms with Crippen molar-refractivity contribution in [1.29, 1.82) is 0 Å². The second kappa shape index (κ2) is 11.1. The summed E-state index contributed by atoms with van der Waals surface area (Å²) in [6.07, 6.45) is 3.96. The predicted octanol–water partition coefficient (Wildman–Crippen LogP) is 3.96. The van der Waals surface area contributed by atoms with E-state index in [4.69, 9.17) is 0 Å². The standard InChI is InChI=1S/C17H25F2N3S.HI/c1-3-23-14-8-7-13(11-14)22-17(20-2)21-10-9-12-5-4-6-15(18)16(12)19;/h4-6,13-14H,3,7-11H2,1-2H3,(H2,20,21,22);1H. The molecule has 0 heterocycles. The van der Waals surface area contributed by atoms with Crippen molar-refractivity contribution >= 4 is 41.7 Å². The Bertz CT molecular complexity index is 543. The van der Waals surface area contributed by atoms with E-state index in [1.807, 2.05) is 11.8 Å². The van der Waals surface area contributed by atoms with Crippen LogP contribution in [0, 0.1) is 11.6 Å². The second-order valence-corrected chi connectivity index (χ2v) is 7.27. The van der Waals surface area contributed by atoms with Crippen LogP contribution in [0.2, 0.25) is 0 Å². The average Bonchev–Trinajstić information content (AvgIpc) is 2.98. The van der Waals surface area contributed by atoms with Crippen molar-refractivity contribution < 1.29 is 8.78 Å². The Morgan fingerprint density at radius 2 is 2.12 bits per heavy atom. The van der Waals surface area contributed by atoms with Crippen LogP contribution in [0.15, 0.2) is 23.2 Å². The van der Waals surface area contributed by atoms with Gasteiger partial charge in [0.2, 0.25) is 0 Å². The molecule has 2 unspecified atom stereocenters. The van der Waals surface area contributed by atoms with Gasteiger partial charge in [0.1, 0.15) is 0 Å². The highest BCUT2D eigenvalue weighted by Gasteiger charge is 2.25. The van der Waals surface area contributed by atoms with Crippen molar-refractivity contribution in [2.75, 3.05) is 19.3 Å². The molecule has 0 saturated heterocycles. The summed E-state index contributed by atoms with van der Waals surface area (Å²) < 4.78 is 26.8. The van der Waals surface area contributed by atoms with Gasteiger partial charge < -0.3 is 10.6 Å². The number of nitrogens with zero attached hydrogens (tertiary/aromatic N) is 1.